The summed E-state index contributed by atoms with van der Waals surface area (Å²) < 4.78 is 26.3. The molecule has 0 aromatic heterocycles. The Morgan fingerprint density at radius 1 is 1.17 bits per heavy atom. The summed E-state index contributed by atoms with van der Waals surface area (Å²) in [5.41, 5.74) is 0. The van der Waals surface area contributed by atoms with E-state index in [0.29, 0.717) is 6.54 Å². The molecule has 24 heavy (non-hydrogen) atoms. The van der Waals surface area contributed by atoms with Crippen molar-refractivity contribution in [1.29, 1.82) is 0 Å². The van der Waals surface area contributed by atoms with Gasteiger partial charge in [0.1, 0.15) is 0 Å². The van der Waals surface area contributed by atoms with Crippen molar-refractivity contribution in [2.75, 3.05) is 40.8 Å². The summed E-state index contributed by atoms with van der Waals surface area (Å²) in [6.07, 6.45) is 3.06. The number of benzene rings is 1. The lowest BCUT2D eigenvalue weighted by Crippen LogP contribution is -2.51. The van der Waals surface area contributed by atoms with E-state index in [0.717, 1.165) is 30.1 Å². The monoisotopic (exact) mass is 353 g/mol. The van der Waals surface area contributed by atoms with Crippen LogP contribution in [0.15, 0.2) is 35.2 Å². The number of likely N-dealkylation sites (N-methyl/N-ethyl adjacent to an activating group) is 2. The first kappa shape index (κ1) is 18.9. The maximum atomic E-state index is 12.7. The zero-order chi connectivity index (χ0) is 17.7. The number of carbonyl (C=O) groups excluding carboxylic acids is 1. The minimum atomic E-state index is -3.64. The molecule has 7 heteroatoms. The summed E-state index contributed by atoms with van der Waals surface area (Å²) in [6, 6.07) is 8.39. The predicted octanol–water partition coefficient (Wildman–Crippen LogP) is 1.25. The number of nitrogens with zero attached hydrogens (tertiary/aromatic N) is 3. The van der Waals surface area contributed by atoms with Crippen molar-refractivity contribution < 1.29 is 13.2 Å². The van der Waals surface area contributed by atoms with Gasteiger partial charge in [-0.25, -0.2) is 8.42 Å². The van der Waals surface area contributed by atoms with E-state index in [1.165, 1.54) is 7.05 Å². The molecule has 1 heterocycles. The van der Waals surface area contributed by atoms with E-state index in [1.807, 2.05) is 19.0 Å². The summed E-state index contributed by atoms with van der Waals surface area (Å²) in [4.78, 5) is 16.8. The van der Waals surface area contributed by atoms with Crippen LogP contribution >= 0.6 is 0 Å². The van der Waals surface area contributed by atoms with Gasteiger partial charge in [-0.3, -0.25) is 4.79 Å². The van der Waals surface area contributed by atoms with Crippen LogP contribution in [0.2, 0.25) is 0 Å². The number of hydrogen-bond acceptors (Lipinski definition) is 4. The van der Waals surface area contributed by atoms with E-state index in [1.54, 1.807) is 30.3 Å². The highest BCUT2D eigenvalue weighted by Crippen LogP contribution is 2.19. The van der Waals surface area contributed by atoms with Crippen LogP contribution in [0.3, 0.4) is 0 Å². The fraction of sp³-hybridized carbons (Fsp3) is 0.588. The van der Waals surface area contributed by atoms with Gasteiger partial charge in [0.15, 0.2) is 0 Å². The molecule has 1 saturated heterocycles. The van der Waals surface area contributed by atoms with Gasteiger partial charge in [0, 0.05) is 26.2 Å². The molecule has 134 valence electrons. The second-order valence-corrected chi connectivity index (χ2v) is 8.62. The molecule has 2 rings (SSSR count). The summed E-state index contributed by atoms with van der Waals surface area (Å²) in [5, 5.41) is 0. The minimum Gasteiger partial charge on any atom is -0.337 e. The summed E-state index contributed by atoms with van der Waals surface area (Å²) in [5.74, 6) is -0.122. The second kappa shape index (κ2) is 8.09. The number of sulfonamides is 1. The Bertz CT molecular complexity index is 646. The van der Waals surface area contributed by atoms with E-state index >= 15 is 0 Å². The van der Waals surface area contributed by atoms with Crippen LogP contribution < -0.4 is 0 Å². The van der Waals surface area contributed by atoms with Gasteiger partial charge in [0.25, 0.3) is 0 Å². The van der Waals surface area contributed by atoms with Gasteiger partial charge in [-0.1, -0.05) is 18.2 Å². The molecule has 1 fully saturated rings. The SMILES string of the molecule is CN(C)CC1CCCCN1C(=O)CN(C)S(=O)(=O)c1ccccc1. The highest BCUT2D eigenvalue weighted by atomic mass is 32.2. The molecule has 1 aliphatic rings. The van der Waals surface area contributed by atoms with Crippen LogP contribution in [0.4, 0.5) is 0 Å². The second-order valence-electron chi connectivity index (χ2n) is 6.57. The van der Waals surface area contributed by atoms with Crippen molar-refractivity contribution in [1.82, 2.24) is 14.1 Å². The van der Waals surface area contributed by atoms with Gasteiger partial charge in [0.2, 0.25) is 15.9 Å². The zero-order valence-corrected chi connectivity index (χ0v) is 15.5. The molecule has 0 aliphatic carbocycles. The molecule has 0 saturated carbocycles. The van der Waals surface area contributed by atoms with Crippen molar-refractivity contribution >= 4 is 15.9 Å². The molecule has 1 amide bonds. The first-order chi connectivity index (χ1) is 11.3. The quantitative estimate of drug-likeness (QED) is 0.772. The number of hydrogen-bond donors (Lipinski definition) is 0. The summed E-state index contributed by atoms with van der Waals surface area (Å²) in [7, 11) is 1.80. The van der Waals surface area contributed by atoms with Crippen LogP contribution in [-0.4, -0.2) is 75.2 Å². The molecular formula is C17H27N3O3S. The number of carbonyl (C=O) groups is 1. The average molecular weight is 353 g/mol. The Balaban J connectivity index is 2.07. The van der Waals surface area contributed by atoms with E-state index in [4.69, 9.17) is 0 Å². The minimum absolute atomic E-state index is 0.122. The number of amides is 1. The molecule has 1 atom stereocenters. The standard InChI is InChI=1S/C17H27N3O3S/c1-18(2)13-15-9-7-8-12-20(15)17(21)14-19(3)24(22,23)16-10-5-4-6-11-16/h4-6,10-11,15H,7-9,12-14H2,1-3H3. The smallest absolute Gasteiger partial charge is 0.243 e. The largest absolute Gasteiger partial charge is 0.337 e. The molecular weight excluding hydrogens is 326 g/mol. The van der Waals surface area contributed by atoms with Crippen LogP contribution in [0, 0.1) is 0 Å². The van der Waals surface area contributed by atoms with Crippen molar-refractivity contribution in [2.24, 2.45) is 0 Å². The Hall–Kier alpha value is -1.44. The van der Waals surface area contributed by atoms with E-state index in [-0.39, 0.29) is 23.4 Å². The van der Waals surface area contributed by atoms with Crippen molar-refractivity contribution in [2.45, 2.75) is 30.2 Å². The van der Waals surface area contributed by atoms with E-state index in [9.17, 15) is 13.2 Å². The Labute approximate surface area is 145 Å². The third-order valence-electron chi connectivity index (χ3n) is 4.33. The highest BCUT2D eigenvalue weighted by molar-refractivity contribution is 7.89. The average Bonchev–Trinajstić information content (AvgIpc) is 2.55. The molecule has 1 unspecified atom stereocenters. The van der Waals surface area contributed by atoms with Gasteiger partial charge in [-0.2, -0.15) is 4.31 Å². The number of rotatable bonds is 6. The lowest BCUT2D eigenvalue weighted by molar-refractivity contribution is -0.135. The van der Waals surface area contributed by atoms with Crippen molar-refractivity contribution in [3.63, 3.8) is 0 Å². The molecule has 1 aliphatic heterocycles. The van der Waals surface area contributed by atoms with Crippen LogP contribution in [0.5, 0.6) is 0 Å². The highest BCUT2D eigenvalue weighted by Gasteiger charge is 2.30. The van der Waals surface area contributed by atoms with E-state index in [2.05, 4.69) is 4.90 Å². The molecule has 1 aromatic carbocycles. The van der Waals surface area contributed by atoms with E-state index < -0.39 is 10.0 Å². The Morgan fingerprint density at radius 3 is 2.46 bits per heavy atom. The van der Waals surface area contributed by atoms with Crippen molar-refractivity contribution in [3.8, 4) is 0 Å². The first-order valence-electron chi connectivity index (χ1n) is 8.28. The van der Waals surface area contributed by atoms with Crippen LogP contribution in [0.25, 0.3) is 0 Å². The zero-order valence-electron chi connectivity index (χ0n) is 14.7. The van der Waals surface area contributed by atoms with Gasteiger partial charge < -0.3 is 9.80 Å². The molecule has 1 aromatic rings. The Morgan fingerprint density at radius 2 is 1.83 bits per heavy atom. The third-order valence-corrected chi connectivity index (χ3v) is 6.15. The van der Waals surface area contributed by atoms with Gasteiger partial charge >= 0.3 is 0 Å². The van der Waals surface area contributed by atoms with Gasteiger partial charge in [-0.15, -0.1) is 0 Å². The molecule has 0 radical (unpaired) electrons. The summed E-state index contributed by atoms with van der Waals surface area (Å²) in [6.45, 7) is 1.39. The van der Waals surface area contributed by atoms with Crippen molar-refractivity contribution in [3.05, 3.63) is 30.3 Å². The topological polar surface area (TPSA) is 60.9 Å². The fourth-order valence-corrected chi connectivity index (χ4v) is 4.22. The maximum Gasteiger partial charge on any atom is 0.243 e. The molecule has 6 nitrogen and oxygen atoms in total. The van der Waals surface area contributed by atoms with Gasteiger partial charge in [-0.05, 0) is 45.5 Å². The molecule has 0 N–H and O–H groups in total. The number of likely N-dealkylation sites (tertiary alicyclic amines) is 1. The third kappa shape index (κ3) is 4.55. The number of piperidine rings is 1. The normalized spacial score (nSPS) is 19.0. The first-order valence-corrected chi connectivity index (χ1v) is 9.72. The summed E-state index contributed by atoms with van der Waals surface area (Å²) >= 11 is 0. The molecule has 0 bridgehead atoms. The predicted molar refractivity (Wildman–Crippen MR) is 94.2 cm³/mol. The lowest BCUT2D eigenvalue weighted by Gasteiger charge is -2.38. The molecule has 0 spiro atoms. The Kier molecular flexibility index (Phi) is 6.37. The fourth-order valence-electron chi connectivity index (χ4n) is 3.08. The van der Waals surface area contributed by atoms with Crippen LogP contribution in [-0.2, 0) is 14.8 Å². The lowest BCUT2D eigenvalue weighted by atomic mass is 10.0. The maximum absolute atomic E-state index is 12.7. The van der Waals surface area contributed by atoms with Gasteiger partial charge in [0.05, 0.1) is 11.4 Å². The van der Waals surface area contributed by atoms with Crippen LogP contribution in [0.1, 0.15) is 19.3 Å².